The van der Waals surface area contributed by atoms with E-state index >= 15 is 4.79 Å². The van der Waals surface area contributed by atoms with Crippen molar-refractivity contribution in [2.45, 2.75) is 194 Å². The Morgan fingerprint density at radius 3 is 1.92 bits per heavy atom. The molecule has 6 heterocycles. The molecule has 5 aromatic rings. The summed E-state index contributed by atoms with van der Waals surface area (Å²) >= 11 is 0.439. The number of benzene rings is 2. The van der Waals surface area contributed by atoms with Crippen molar-refractivity contribution in [1.29, 1.82) is 5.41 Å². The van der Waals surface area contributed by atoms with E-state index in [4.69, 9.17) is 32.1 Å². The molecule has 3 aromatic heterocycles. The molecule has 3 aliphatic rings. The minimum Gasteiger partial charge on any atom is -0.508 e. The second-order valence-corrected chi connectivity index (χ2v) is 35.9. The fourth-order valence-electron chi connectivity index (χ4n) is 14.1. The lowest BCUT2D eigenvalue weighted by molar-refractivity contribution is -0.144. The quantitative estimate of drug-likeness (QED) is 0.00567. The number of carbonyl (C=O) groups is 20. The molecule has 2 aromatic carbocycles. The van der Waals surface area contributed by atoms with Gasteiger partial charge in [0.15, 0.2) is 22.5 Å². The van der Waals surface area contributed by atoms with E-state index in [1.54, 1.807) is 32.9 Å². The van der Waals surface area contributed by atoms with Gasteiger partial charge in [0.05, 0.1) is 80.0 Å². The SMILES string of the molecule is CCC(C)[C@@H]1NC(=O)CNC(=O)[C@H]2NC(=O)[C@H]([C@H](C)[C@@H](O)COC(=O)OCCSSC[C@H](NC(=O)[C@H](CC(=O)O)NC(=O)[C@H](CC(=O)O)NC(=O)[C@H](CCCCNC(=N)N)NC(=O)[C@H](CC(=O)O)NC(=O)CC[C@@H](C)NC(=O)c3ccc(NCc4cnc5nc(N)[nH]c(=O)c5n4)cc3)C(=O)O)NC(=O)[C@@H]3C[C@@H](O)CN3C(=O)[C@H](CC(N)=O)NC(=O)[C@H](NC(=O)CNC1=O)Sc1[nH]c3cc(O)ccc3c12. The van der Waals surface area contributed by atoms with E-state index in [1.165, 1.54) is 30.5 Å². The number of thioether (sulfide) groups is 1. The van der Waals surface area contributed by atoms with Crippen LogP contribution >= 0.6 is 33.3 Å². The van der Waals surface area contributed by atoms with E-state index in [2.05, 4.69) is 99.4 Å². The number of carboxylic acids is 4. The van der Waals surface area contributed by atoms with Gasteiger partial charge in [-0.05, 0) is 74.9 Å². The number of H-pyrrole nitrogens is 2. The molecule has 0 aliphatic carbocycles. The zero-order valence-corrected chi connectivity index (χ0v) is 77.2. The summed E-state index contributed by atoms with van der Waals surface area (Å²) < 4.78 is 10.3. The average Bonchev–Trinajstić information content (AvgIpc) is 1.62. The molecule has 16 atom stereocenters. The van der Waals surface area contributed by atoms with Gasteiger partial charge in [-0.15, -0.1) is 0 Å². The Bertz CT molecular complexity index is 5520. The summed E-state index contributed by atoms with van der Waals surface area (Å²) in [7, 11) is 1.54. The van der Waals surface area contributed by atoms with Crippen LogP contribution < -0.4 is 103 Å². The number of aliphatic hydroxyl groups is 2. The van der Waals surface area contributed by atoms with Crippen LogP contribution in [0.4, 0.5) is 16.4 Å². The van der Waals surface area contributed by atoms with Crippen LogP contribution in [0, 0.1) is 17.2 Å². The molecule has 0 spiro atoms. The number of phenols is 1. The number of aliphatic carboxylic acids is 4. The minimum atomic E-state index is -2.22. The number of nitrogens with one attached hydrogen (secondary N) is 18. The van der Waals surface area contributed by atoms with E-state index in [-0.39, 0.29) is 94.4 Å². The predicted molar refractivity (Wildman–Crippen MR) is 487 cm³/mol. The minimum absolute atomic E-state index is 0.00728. The van der Waals surface area contributed by atoms with Gasteiger partial charge in [-0.1, -0.05) is 60.5 Å². The Balaban J connectivity index is 0.884. The highest BCUT2D eigenvalue weighted by atomic mass is 33.1. The Morgan fingerprint density at radius 1 is 0.676 bits per heavy atom. The van der Waals surface area contributed by atoms with Crippen LogP contribution in [-0.4, -0.2) is 319 Å². The van der Waals surface area contributed by atoms with Crippen molar-refractivity contribution in [2.24, 2.45) is 23.3 Å². The maximum Gasteiger partial charge on any atom is 0.508 e. The van der Waals surface area contributed by atoms with Crippen molar-refractivity contribution in [3.05, 3.63) is 75.8 Å². The van der Waals surface area contributed by atoms with Gasteiger partial charge < -0.3 is 152 Å². The number of phenolic OH excluding ortho intramolecular Hbond substituents is 1. The van der Waals surface area contributed by atoms with Crippen molar-refractivity contribution in [3.8, 4) is 5.75 Å². The number of hydrogen-bond acceptors (Lipinski definition) is 35. The van der Waals surface area contributed by atoms with E-state index in [9.17, 15) is 132 Å². The average molecular weight is 2010 g/mol. The summed E-state index contributed by atoms with van der Waals surface area (Å²) in [5.74, 6) is -28.2. The summed E-state index contributed by atoms with van der Waals surface area (Å²) in [6, 6.07) is -10.2. The summed E-state index contributed by atoms with van der Waals surface area (Å²) in [6.07, 6.45) is -9.23. The largest absolute Gasteiger partial charge is 0.508 e. The van der Waals surface area contributed by atoms with Gasteiger partial charge >= 0.3 is 30.0 Å². The number of unbranched alkanes of at least 4 members (excludes halogenated alkanes) is 1. The zero-order chi connectivity index (χ0) is 102. The number of nitrogens with two attached hydrogens (primary N) is 3. The number of aromatic hydroxyl groups is 1. The number of primary amides is 1. The molecule has 0 saturated carbocycles. The number of fused-ring (bicyclic) bond motifs is 4. The Labute approximate surface area is 799 Å². The first kappa shape index (κ1) is 109. The Hall–Kier alpha value is -15.0. The highest BCUT2D eigenvalue weighted by Crippen LogP contribution is 2.38. The molecule has 8 rings (SSSR count). The highest BCUT2D eigenvalue weighted by Gasteiger charge is 2.47. The fraction of sp³-hybridized carbons (Fsp3) is 0.494. The number of anilines is 2. The third-order valence-electron chi connectivity index (χ3n) is 21.5. The summed E-state index contributed by atoms with van der Waals surface area (Å²) in [5.41, 5.74) is 16.9. The van der Waals surface area contributed by atoms with Gasteiger partial charge in [-0.2, -0.15) is 4.98 Å². The number of guanidine groups is 1. The zero-order valence-electron chi connectivity index (χ0n) is 74.8. The summed E-state index contributed by atoms with van der Waals surface area (Å²) in [6.45, 7) is 2.19. The van der Waals surface area contributed by atoms with Crippen LogP contribution in [0.1, 0.15) is 126 Å². The monoisotopic (exact) mass is 2010 g/mol. The number of ether oxygens (including phenoxy) is 2. The molecule has 15 amide bonds. The number of aromatic nitrogens is 5. The first-order valence-electron chi connectivity index (χ1n) is 42.9. The number of nitrogens with zero attached hydrogens (tertiary/aromatic N) is 4. The molecule has 1 unspecified atom stereocenters. The van der Waals surface area contributed by atoms with Crippen LogP contribution in [0.5, 0.6) is 5.75 Å². The maximum atomic E-state index is 15.3. The summed E-state index contributed by atoms with van der Waals surface area (Å²) in [5, 5.41) is 115. The van der Waals surface area contributed by atoms with Crippen LogP contribution in [0.25, 0.3) is 22.1 Å². The van der Waals surface area contributed by atoms with Crippen LogP contribution in [0.3, 0.4) is 0 Å². The fourth-order valence-corrected chi connectivity index (χ4v) is 17.2. The molecular formula is C81H107N25O30S3. The molecule has 2 bridgehead atoms. The van der Waals surface area contributed by atoms with Crippen molar-refractivity contribution < 1.29 is 141 Å². The predicted octanol–water partition coefficient (Wildman–Crippen LogP) is -6.90. The molecule has 139 heavy (non-hydrogen) atoms. The lowest BCUT2D eigenvalue weighted by atomic mass is 9.93. The molecule has 58 heteroatoms. The number of carbonyl (C=O) groups excluding carboxylic acids is 16. The smallest absolute Gasteiger partial charge is 0.508 e. The highest BCUT2D eigenvalue weighted by molar-refractivity contribution is 8.76. The molecular weight excluding hydrogens is 1900 g/mol. The maximum absolute atomic E-state index is 15.3. The molecule has 1 saturated heterocycles. The first-order valence-corrected chi connectivity index (χ1v) is 46.3. The third-order valence-corrected chi connectivity index (χ3v) is 25.1. The molecule has 3 aliphatic heterocycles. The number of hydrogen-bond donors (Lipinski definition) is 28. The lowest BCUT2D eigenvalue weighted by Crippen LogP contribution is -2.61. The second kappa shape index (κ2) is 51.8. The third kappa shape index (κ3) is 33.2. The molecule has 1 fully saturated rings. The van der Waals surface area contributed by atoms with E-state index < -0.39 is 303 Å². The Morgan fingerprint density at radius 2 is 1.29 bits per heavy atom. The Kier molecular flexibility index (Phi) is 40.8. The van der Waals surface area contributed by atoms with Gasteiger partial charge in [0.2, 0.25) is 82.7 Å². The molecule has 754 valence electrons. The van der Waals surface area contributed by atoms with Gasteiger partial charge in [0.1, 0.15) is 79.4 Å². The van der Waals surface area contributed by atoms with Gasteiger partial charge in [-0.3, -0.25) is 101 Å². The molecule has 31 N–H and O–H groups in total. The van der Waals surface area contributed by atoms with E-state index in [0.717, 1.165) is 39.5 Å². The van der Waals surface area contributed by atoms with Crippen LogP contribution in [-0.2, 0) is 102 Å². The number of nitrogen functional groups attached to an aromatic ring is 1. The number of amides is 15. The number of carboxylic acid groups (broad SMARTS) is 4. The van der Waals surface area contributed by atoms with Gasteiger partial charge in [0, 0.05) is 77.7 Å². The summed E-state index contributed by atoms with van der Waals surface area (Å²) in [4.78, 5) is 304. The number of aliphatic hydroxyl groups excluding tert-OH is 2. The molecule has 55 nitrogen and oxygen atoms in total. The standard InChI is InChI=1S/C81H107N25O30S3/c1-5-33(2)59-70(126)89-29-54(113)101-76-74(130)97-47(22-51(82)110)77(131)106-30-40(108)21-49(106)69(125)102-60(72(128)103-61(71(127)90-28-53(112)100-59)58-41-15-14-39(107)20-43(41)99-75(58)139-76)35(4)50(109)31-136-81(134)135-18-19-137-138-32-48(78(132)133)98-68(124)46(25-57(118)119)96-67(123)45(24-56(116)117)95-65(121)42(8-6-7-17-86-79(83)84)94-66(122)44(23-55(114)115)93-52(111)16-9-34(3)91-64(120)36-10-12-37(13-11-36)87-26-38-27-88-63-62(92-38)73(129)105-80(85)104-63/h10-15,20,27,33-35,40,42,44-50,59-61,76,87,99,107-109H,5-9,16-19,21-26,28-32H2,1-4H3,(H2,82,110)(H,89,126)(H,90,127)(H,91,120)(H,93,111)(H,94,122)(H,95,121)(H,96,123)(H,97,130)(H,98,124)(H,100,112)(H,101,113)(H,102,125)(H,103,128)(H,114,115)(H,116,117)(H,118,119)(H,132,133)(H4,83,84,86)(H3,85,88,104,105,129)/t33?,34-,35-,40-,42+,44+,45+,46+,47+,48+,49+,50+,59+,60+,61+,76-/m1/s1. The van der Waals surface area contributed by atoms with E-state index in [0.29, 0.717) is 29.6 Å². The number of rotatable bonds is 43. The first-order chi connectivity index (χ1) is 65.8. The van der Waals surface area contributed by atoms with Crippen molar-refractivity contribution in [1.82, 2.24) is 104 Å². The topological polar surface area (TPSA) is 874 Å². The van der Waals surface area contributed by atoms with Crippen molar-refractivity contribution in [2.75, 3.05) is 61.9 Å². The van der Waals surface area contributed by atoms with Gasteiger partial charge in [-0.25, -0.2) is 19.6 Å². The number of aromatic amines is 2. The molecule has 0 radical (unpaired) electrons. The van der Waals surface area contributed by atoms with Crippen LogP contribution in [0.15, 0.2) is 58.5 Å². The van der Waals surface area contributed by atoms with E-state index in [1.807, 2.05) is 5.32 Å². The lowest BCUT2D eigenvalue weighted by Gasteiger charge is -2.33. The van der Waals surface area contributed by atoms with Gasteiger partial charge in [0.25, 0.3) is 17.4 Å². The normalized spacial score (nSPS) is 19.6. The van der Waals surface area contributed by atoms with Crippen molar-refractivity contribution >= 4 is 192 Å². The second-order valence-electron chi connectivity index (χ2n) is 32.2. The van der Waals surface area contributed by atoms with Crippen molar-refractivity contribution in [3.63, 3.8) is 0 Å². The van der Waals surface area contributed by atoms with Crippen LogP contribution in [0.2, 0.25) is 0 Å².